The van der Waals surface area contributed by atoms with E-state index >= 15 is 0 Å². The Bertz CT molecular complexity index is 1140. The summed E-state index contributed by atoms with van der Waals surface area (Å²) in [5, 5.41) is 8.14. The Hall–Kier alpha value is -3.88. The minimum atomic E-state index is -1.45. The number of carbonyl (C=O) groups is 4. The van der Waals surface area contributed by atoms with E-state index in [2.05, 4.69) is 16.0 Å². The van der Waals surface area contributed by atoms with Gasteiger partial charge in [0.15, 0.2) is 0 Å². The first-order valence-electron chi connectivity index (χ1n) is 12.2. The summed E-state index contributed by atoms with van der Waals surface area (Å²) in [6.07, 6.45) is -0.408. The van der Waals surface area contributed by atoms with E-state index in [9.17, 15) is 19.2 Å². The van der Waals surface area contributed by atoms with Gasteiger partial charge in [-0.05, 0) is 56.9 Å². The number of rotatable bonds is 6. The summed E-state index contributed by atoms with van der Waals surface area (Å²) in [6, 6.07) is 13.5. The third-order valence-corrected chi connectivity index (χ3v) is 6.14. The molecule has 37 heavy (non-hydrogen) atoms. The summed E-state index contributed by atoms with van der Waals surface area (Å²) in [5.41, 5.74) is 1.46. The standard InChI is InChI=1S/C28H35N3O6/c1-17(30-26(35)37-27(3,4)5)23(32)31-28(25(34)29-18(2)24(33)36-6)15-19-11-7-9-13-21(19)22-14-10-8-12-20(22)16-28/h7-14,17-18H,15-16H2,1-6H3,(H,29,34)(H,30,35)(H,31,32)/t17-,18+/m1/s1. The van der Waals surface area contributed by atoms with Crippen molar-refractivity contribution < 1.29 is 28.7 Å². The number of amides is 3. The maximum absolute atomic E-state index is 13.8. The fraction of sp³-hybridized carbons (Fsp3) is 0.429. The zero-order chi connectivity index (χ0) is 27.4. The highest BCUT2D eigenvalue weighted by Crippen LogP contribution is 2.36. The van der Waals surface area contributed by atoms with Crippen LogP contribution in [0.25, 0.3) is 11.1 Å². The Morgan fingerprint density at radius 2 is 1.35 bits per heavy atom. The van der Waals surface area contributed by atoms with Crippen molar-refractivity contribution in [2.24, 2.45) is 0 Å². The van der Waals surface area contributed by atoms with Crippen LogP contribution in [0.15, 0.2) is 48.5 Å². The predicted octanol–water partition coefficient (Wildman–Crippen LogP) is 2.90. The van der Waals surface area contributed by atoms with Gasteiger partial charge in [-0.3, -0.25) is 9.59 Å². The predicted molar refractivity (Wildman–Crippen MR) is 139 cm³/mol. The monoisotopic (exact) mass is 509 g/mol. The Balaban J connectivity index is 2.00. The van der Waals surface area contributed by atoms with Gasteiger partial charge in [0, 0.05) is 12.8 Å². The van der Waals surface area contributed by atoms with Crippen LogP contribution in [-0.2, 0) is 36.7 Å². The van der Waals surface area contributed by atoms with E-state index in [1.807, 2.05) is 48.5 Å². The van der Waals surface area contributed by atoms with Crippen LogP contribution in [0.2, 0.25) is 0 Å². The summed E-state index contributed by atoms with van der Waals surface area (Å²) in [7, 11) is 1.24. The average Bonchev–Trinajstić information content (AvgIpc) is 2.96. The Morgan fingerprint density at radius 3 is 1.84 bits per heavy atom. The van der Waals surface area contributed by atoms with Gasteiger partial charge in [0.05, 0.1) is 7.11 Å². The van der Waals surface area contributed by atoms with Gasteiger partial charge in [0.2, 0.25) is 11.8 Å². The SMILES string of the molecule is COC(=O)[C@H](C)NC(=O)C1(NC(=O)[C@@H](C)NC(=O)OC(C)(C)C)Cc2ccccc2-c2ccccc2C1. The molecule has 2 aromatic carbocycles. The fourth-order valence-electron chi connectivity index (χ4n) is 4.36. The molecule has 9 nitrogen and oxygen atoms in total. The minimum absolute atomic E-state index is 0.169. The number of ether oxygens (including phenoxy) is 2. The number of alkyl carbamates (subject to hydrolysis) is 1. The van der Waals surface area contributed by atoms with Crippen LogP contribution in [0.5, 0.6) is 0 Å². The topological polar surface area (TPSA) is 123 Å². The summed E-state index contributed by atoms with van der Waals surface area (Å²) in [4.78, 5) is 51.6. The molecule has 0 aliphatic heterocycles. The van der Waals surface area contributed by atoms with Gasteiger partial charge < -0.3 is 25.4 Å². The number of carbonyl (C=O) groups excluding carboxylic acids is 4. The van der Waals surface area contributed by atoms with Crippen molar-refractivity contribution in [2.45, 2.75) is 70.7 Å². The van der Waals surface area contributed by atoms with Crippen molar-refractivity contribution in [1.29, 1.82) is 0 Å². The van der Waals surface area contributed by atoms with Gasteiger partial charge in [-0.2, -0.15) is 0 Å². The van der Waals surface area contributed by atoms with Crippen molar-refractivity contribution in [3.05, 3.63) is 59.7 Å². The van der Waals surface area contributed by atoms with Gasteiger partial charge in [-0.15, -0.1) is 0 Å². The second-order valence-corrected chi connectivity index (χ2v) is 10.3. The van der Waals surface area contributed by atoms with Crippen LogP contribution < -0.4 is 16.0 Å². The van der Waals surface area contributed by atoms with E-state index < -0.39 is 47.1 Å². The second kappa shape index (κ2) is 11.0. The highest BCUT2D eigenvalue weighted by molar-refractivity contribution is 5.97. The van der Waals surface area contributed by atoms with Gasteiger partial charge in [-0.1, -0.05) is 48.5 Å². The van der Waals surface area contributed by atoms with Crippen molar-refractivity contribution >= 4 is 23.9 Å². The van der Waals surface area contributed by atoms with E-state index in [0.29, 0.717) is 0 Å². The Kier molecular flexibility index (Phi) is 8.25. The van der Waals surface area contributed by atoms with Crippen molar-refractivity contribution in [3.63, 3.8) is 0 Å². The van der Waals surface area contributed by atoms with E-state index in [1.54, 1.807) is 20.8 Å². The molecule has 0 bridgehead atoms. The lowest BCUT2D eigenvalue weighted by molar-refractivity contribution is -0.145. The van der Waals surface area contributed by atoms with Crippen LogP contribution in [0.4, 0.5) is 4.79 Å². The molecular formula is C28H35N3O6. The number of hydrogen-bond acceptors (Lipinski definition) is 6. The van der Waals surface area contributed by atoms with Gasteiger partial charge in [0.25, 0.3) is 0 Å². The summed E-state index contributed by atoms with van der Waals surface area (Å²) < 4.78 is 10.0. The lowest BCUT2D eigenvalue weighted by Crippen LogP contribution is -2.65. The summed E-state index contributed by atoms with van der Waals surface area (Å²) in [5.74, 6) is -1.71. The number of fused-ring (bicyclic) bond motifs is 3. The van der Waals surface area contributed by atoms with Crippen LogP contribution >= 0.6 is 0 Å². The second-order valence-electron chi connectivity index (χ2n) is 10.3. The molecule has 0 spiro atoms. The molecule has 3 rings (SSSR count). The number of hydrogen-bond donors (Lipinski definition) is 3. The largest absolute Gasteiger partial charge is 0.467 e. The van der Waals surface area contributed by atoms with Crippen LogP contribution in [0.1, 0.15) is 45.7 Å². The van der Waals surface area contributed by atoms with E-state index in [-0.39, 0.29) is 12.8 Å². The molecule has 0 heterocycles. The van der Waals surface area contributed by atoms with Crippen LogP contribution in [0, 0.1) is 0 Å². The van der Waals surface area contributed by atoms with Crippen molar-refractivity contribution in [1.82, 2.24) is 16.0 Å². The van der Waals surface area contributed by atoms with Crippen molar-refractivity contribution in [2.75, 3.05) is 7.11 Å². The summed E-state index contributed by atoms with van der Waals surface area (Å²) in [6.45, 7) is 8.20. The lowest BCUT2D eigenvalue weighted by Gasteiger charge is -2.35. The molecule has 198 valence electrons. The molecule has 3 N–H and O–H groups in total. The van der Waals surface area contributed by atoms with Crippen molar-refractivity contribution in [3.8, 4) is 11.1 Å². The maximum atomic E-state index is 13.8. The smallest absolute Gasteiger partial charge is 0.408 e. The minimum Gasteiger partial charge on any atom is -0.467 e. The third-order valence-electron chi connectivity index (χ3n) is 6.14. The number of nitrogens with one attached hydrogen (secondary N) is 3. The highest BCUT2D eigenvalue weighted by atomic mass is 16.6. The number of esters is 1. The fourth-order valence-corrected chi connectivity index (χ4v) is 4.36. The number of benzene rings is 2. The maximum Gasteiger partial charge on any atom is 0.408 e. The van der Waals surface area contributed by atoms with Gasteiger partial charge in [-0.25, -0.2) is 9.59 Å². The normalized spacial score (nSPS) is 15.5. The molecule has 0 saturated carbocycles. The van der Waals surface area contributed by atoms with Gasteiger partial charge >= 0.3 is 12.1 Å². The Morgan fingerprint density at radius 1 is 0.838 bits per heavy atom. The summed E-state index contributed by atoms with van der Waals surface area (Å²) >= 11 is 0. The molecule has 2 aromatic rings. The molecule has 1 aliphatic carbocycles. The van der Waals surface area contributed by atoms with E-state index in [0.717, 1.165) is 22.3 Å². The third kappa shape index (κ3) is 6.67. The van der Waals surface area contributed by atoms with E-state index in [1.165, 1.54) is 21.0 Å². The first-order chi connectivity index (χ1) is 17.3. The molecule has 0 radical (unpaired) electrons. The molecule has 0 fully saturated rings. The lowest BCUT2D eigenvalue weighted by atomic mass is 9.84. The Labute approximate surface area is 217 Å². The van der Waals surface area contributed by atoms with Crippen LogP contribution in [0.3, 0.4) is 0 Å². The zero-order valence-electron chi connectivity index (χ0n) is 22.1. The quantitative estimate of drug-likeness (QED) is 0.515. The van der Waals surface area contributed by atoms with E-state index in [4.69, 9.17) is 9.47 Å². The molecule has 0 unspecified atom stereocenters. The molecule has 0 saturated heterocycles. The van der Waals surface area contributed by atoms with Gasteiger partial charge in [0.1, 0.15) is 23.2 Å². The molecule has 2 atom stereocenters. The first-order valence-corrected chi connectivity index (χ1v) is 12.2. The molecule has 1 aliphatic rings. The zero-order valence-corrected chi connectivity index (χ0v) is 22.1. The first kappa shape index (κ1) is 27.7. The molecular weight excluding hydrogens is 474 g/mol. The average molecular weight is 510 g/mol. The van der Waals surface area contributed by atoms with Crippen LogP contribution in [-0.4, -0.2) is 54.2 Å². The number of methoxy groups -OCH3 is 1. The molecule has 9 heteroatoms. The molecule has 3 amide bonds. The highest BCUT2D eigenvalue weighted by Gasteiger charge is 2.44. The molecule has 0 aromatic heterocycles.